The summed E-state index contributed by atoms with van der Waals surface area (Å²) in [5.41, 5.74) is 2.05. The van der Waals surface area contributed by atoms with Crippen LogP contribution in [0, 0.1) is 0 Å². The first-order chi connectivity index (χ1) is 13.0. The van der Waals surface area contributed by atoms with E-state index in [-0.39, 0.29) is 35.1 Å². The molecule has 0 bridgehead atoms. The second-order valence-corrected chi connectivity index (χ2v) is 6.24. The molecule has 2 aromatic rings. The Kier molecular flexibility index (Phi) is 5.68. The molecule has 1 amide bonds. The van der Waals surface area contributed by atoms with Gasteiger partial charge in [0, 0.05) is 17.7 Å². The highest BCUT2D eigenvalue weighted by Gasteiger charge is 2.20. The number of fused-ring (bicyclic) bond motifs is 1. The predicted molar refractivity (Wildman–Crippen MR) is 99.5 cm³/mol. The van der Waals surface area contributed by atoms with Gasteiger partial charge in [0.05, 0.1) is 5.56 Å². The van der Waals surface area contributed by atoms with Gasteiger partial charge in [0.15, 0.2) is 18.7 Å². The lowest BCUT2D eigenvalue weighted by molar-refractivity contribution is -0.116. The van der Waals surface area contributed by atoms with Gasteiger partial charge in [-0.05, 0) is 48.1 Å². The Labute approximate surface area is 156 Å². The highest BCUT2D eigenvalue weighted by Crippen LogP contribution is 2.24. The Morgan fingerprint density at radius 2 is 2.04 bits per heavy atom. The van der Waals surface area contributed by atoms with Crippen LogP contribution in [-0.2, 0) is 11.2 Å². The van der Waals surface area contributed by atoms with E-state index < -0.39 is 7.12 Å². The fourth-order valence-corrected chi connectivity index (χ4v) is 3.01. The quantitative estimate of drug-likeness (QED) is 0.394. The van der Waals surface area contributed by atoms with Crippen molar-refractivity contribution in [3.05, 3.63) is 53.1 Å². The smallest absolute Gasteiger partial charge is 0.485 e. The Morgan fingerprint density at radius 1 is 1.22 bits per heavy atom. The Morgan fingerprint density at radius 3 is 2.78 bits per heavy atom. The average molecular weight is 367 g/mol. The van der Waals surface area contributed by atoms with Gasteiger partial charge in [-0.3, -0.25) is 14.4 Å². The molecule has 7 nitrogen and oxygen atoms in total. The van der Waals surface area contributed by atoms with Crippen molar-refractivity contribution in [1.82, 2.24) is 0 Å². The summed E-state index contributed by atoms with van der Waals surface area (Å²) in [7, 11) is -1.82. The van der Waals surface area contributed by atoms with E-state index >= 15 is 0 Å². The van der Waals surface area contributed by atoms with Crippen LogP contribution in [-0.4, -0.2) is 41.7 Å². The number of rotatable bonds is 6. The van der Waals surface area contributed by atoms with Crippen molar-refractivity contribution in [1.29, 1.82) is 0 Å². The summed E-state index contributed by atoms with van der Waals surface area (Å²) in [5, 5.41) is 21.4. The van der Waals surface area contributed by atoms with E-state index in [0.717, 1.165) is 5.56 Å². The number of aryl methyl sites for hydroxylation is 1. The van der Waals surface area contributed by atoms with Gasteiger partial charge in [-0.25, -0.2) is 0 Å². The number of Topliss-reactive ketones (excluding diaryl/α,β-unsaturated/α-hetero) is 1. The number of carbonyl (C=O) groups excluding carboxylic acids is 3. The zero-order valence-electron chi connectivity index (χ0n) is 14.5. The molecule has 0 aromatic heterocycles. The molecule has 0 fully saturated rings. The van der Waals surface area contributed by atoms with Crippen LogP contribution in [0.25, 0.3) is 0 Å². The molecule has 8 heteroatoms. The molecule has 0 saturated carbocycles. The first-order valence-electron chi connectivity index (χ1n) is 8.52. The molecule has 0 spiro atoms. The van der Waals surface area contributed by atoms with Gasteiger partial charge in [-0.1, -0.05) is 12.1 Å². The Bertz CT molecular complexity index is 896. The third kappa shape index (κ3) is 4.24. The molecule has 0 radical (unpaired) electrons. The van der Waals surface area contributed by atoms with Gasteiger partial charge in [0.1, 0.15) is 5.75 Å². The molecule has 2 aromatic carbocycles. The van der Waals surface area contributed by atoms with Crippen LogP contribution in [0.3, 0.4) is 0 Å². The largest absolute Gasteiger partial charge is 0.489 e. The molecule has 1 heterocycles. The molecule has 0 unspecified atom stereocenters. The lowest BCUT2D eigenvalue weighted by Crippen LogP contribution is -2.33. The summed E-state index contributed by atoms with van der Waals surface area (Å²) >= 11 is 0. The van der Waals surface area contributed by atoms with Crippen molar-refractivity contribution in [2.24, 2.45) is 0 Å². The molecular formula is C19H18BNO6. The van der Waals surface area contributed by atoms with Gasteiger partial charge in [0.2, 0.25) is 5.91 Å². The number of aldehydes is 1. The summed E-state index contributed by atoms with van der Waals surface area (Å²) in [6.45, 7) is -0.309. The van der Waals surface area contributed by atoms with E-state index in [9.17, 15) is 24.4 Å². The SMILES string of the molecule is O=Cc1c(OCC(=O)c2ccc3c(c2)CCCC(=O)N3)cccc1B(O)O. The summed E-state index contributed by atoms with van der Waals surface area (Å²) in [4.78, 5) is 35.3. The van der Waals surface area contributed by atoms with Crippen molar-refractivity contribution >= 4 is 36.2 Å². The highest BCUT2D eigenvalue weighted by atomic mass is 16.5. The molecule has 138 valence electrons. The summed E-state index contributed by atoms with van der Waals surface area (Å²) < 4.78 is 5.45. The van der Waals surface area contributed by atoms with E-state index in [1.165, 1.54) is 18.2 Å². The van der Waals surface area contributed by atoms with Crippen LogP contribution in [0.4, 0.5) is 5.69 Å². The van der Waals surface area contributed by atoms with Crippen LogP contribution >= 0.6 is 0 Å². The van der Waals surface area contributed by atoms with Crippen LogP contribution in [0.5, 0.6) is 5.75 Å². The van der Waals surface area contributed by atoms with Gasteiger partial charge in [-0.15, -0.1) is 0 Å². The molecular weight excluding hydrogens is 349 g/mol. The summed E-state index contributed by atoms with van der Waals surface area (Å²) in [6.07, 6.45) is 2.32. The molecule has 0 atom stereocenters. The maximum Gasteiger partial charge on any atom is 0.489 e. The molecule has 0 saturated heterocycles. The second-order valence-electron chi connectivity index (χ2n) is 6.24. The van der Waals surface area contributed by atoms with E-state index in [4.69, 9.17) is 4.74 Å². The lowest BCUT2D eigenvalue weighted by Gasteiger charge is -2.12. The second kappa shape index (κ2) is 8.15. The normalized spacial score (nSPS) is 13.2. The molecule has 1 aliphatic rings. The summed E-state index contributed by atoms with van der Waals surface area (Å²) in [5.74, 6) is -0.227. The van der Waals surface area contributed by atoms with Crippen molar-refractivity contribution in [3.8, 4) is 5.75 Å². The predicted octanol–water partition coefficient (Wildman–Crippen LogP) is 0.715. The van der Waals surface area contributed by atoms with Crippen LogP contribution < -0.4 is 15.5 Å². The Balaban J connectivity index is 1.75. The van der Waals surface area contributed by atoms with Crippen LogP contribution in [0.15, 0.2) is 36.4 Å². The highest BCUT2D eigenvalue weighted by molar-refractivity contribution is 6.60. The average Bonchev–Trinajstić information content (AvgIpc) is 2.85. The minimum absolute atomic E-state index is 0.00931. The maximum atomic E-state index is 12.5. The van der Waals surface area contributed by atoms with E-state index in [0.29, 0.717) is 36.8 Å². The molecule has 27 heavy (non-hydrogen) atoms. The number of benzene rings is 2. The number of ether oxygens (including phenoxy) is 1. The molecule has 3 rings (SSSR count). The Hall–Kier alpha value is -2.97. The topological polar surface area (TPSA) is 113 Å². The van der Waals surface area contributed by atoms with Crippen molar-refractivity contribution in [2.45, 2.75) is 19.3 Å². The van der Waals surface area contributed by atoms with Crippen molar-refractivity contribution < 1.29 is 29.2 Å². The van der Waals surface area contributed by atoms with Gasteiger partial charge >= 0.3 is 7.12 Å². The molecule has 0 aliphatic carbocycles. The van der Waals surface area contributed by atoms with Gasteiger partial charge in [0.25, 0.3) is 0 Å². The number of hydrogen-bond acceptors (Lipinski definition) is 6. The van der Waals surface area contributed by atoms with E-state index in [1.807, 2.05) is 0 Å². The van der Waals surface area contributed by atoms with Gasteiger partial charge in [-0.2, -0.15) is 0 Å². The zero-order chi connectivity index (χ0) is 19.4. The lowest BCUT2D eigenvalue weighted by atomic mass is 9.77. The zero-order valence-corrected chi connectivity index (χ0v) is 14.5. The number of anilines is 1. The molecule has 1 aliphatic heterocycles. The van der Waals surface area contributed by atoms with E-state index in [1.54, 1.807) is 18.2 Å². The fourth-order valence-electron chi connectivity index (χ4n) is 3.01. The standard InChI is InChI=1S/C19H18BNO6/c22-10-14-15(20(25)26)4-2-5-18(14)27-11-17(23)13-7-8-16-12(9-13)3-1-6-19(24)21-16/h2,4-5,7-10,25-26H,1,3,6,11H2,(H,21,24). The number of hydrogen-bond donors (Lipinski definition) is 3. The van der Waals surface area contributed by atoms with E-state index in [2.05, 4.69) is 5.32 Å². The third-order valence-corrected chi connectivity index (χ3v) is 4.41. The van der Waals surface area contributed by atoms with Crippen LogP contribution in [0.1, 0.15) is 39.1 Å². The minimum atomic E-state index is -1.82. The number of carbonyl (C=O) groups is 3. The minimum Gasteiger partial charge on any atom is -0.485 e. The number of ketones is 1. The van der Waals surface area contributed by atoms with Crippen molar-refractivity contribution in [3.63, 3.8) is 0 Å². The van der Waals surface area contributed by atoms with Crippen molar-refractivity contribution in [2.75, 3.05) is 11.9 Å². The first-order valence-corrected chi connectivity index (χ1v) is 8.52. The fraction of sp³-hybridized carbons (Fsp3) is 0.211. The monoisotopic (exact) mass is 367 g/mol. The number of nitrogens with one attached hydrogen (secondary N) is 1. The summed E-state index contributed by atoms with van der Waals surface area (Å²) in [6, 6.07) is 9.43. The van der Waals surface area contributed by atoms with Gasteiger partial charge < -0.3 is 20.1 Å². The van der Waals surface area contributed by atoms with Crippen LogP contribution in [0.2, 0.25) is 0 Å². The third-order valence-electron chi connectivity index (χ3n) is 4.41. The maximum absolute atomic E-state index is 12.5. The first kappa shape index (κ1) is 18.8. The molecule has 3 N–H and O–H groups in total. The number of amides is 1.